The first-order valence-corrected chi connectivity index (χ1v) is 3.55. The van der Waals surface area contributed by atoms with Gasteiger partial charge in [0.2, 0.25) is 0 Å². The third kappa shape index (κ3) is 0.864. The Balaban J connectivity index is 2.04. The van der Waals surface area contributed by atoms with Crippen LogP contribution in [0.4, 0.5) is 0 Å². The molecule has 2 aliphatic rings. The van der Waals surface area contributed by atoms with Gasteiger partial charge in [0.05, 0.1) is 13.2 Å². The van der Waals surface area contributed by atoms with Gasteiger partial charge in [-0.15, -0.1) is 0 Å². The van der Waals surface area contributed by atoms with Crippen molar-refractivity contribution in [2.45, 2.75) is 31.5 Å². The second-order valence-corrected chi connectivity index (χ2v) is 2.69. The molecule has 0 aromatic carbocycles. The third-order valence-corrected chi connectivity index (χ3v) is 2.01. The number of hydrogen-bond acceptors (Lipinski definition) is 2. The summed E-state index contributed by atoms with van der Waals surface area (Å²) in [7, 11) is 0. The fourth-order valence-corrected chi connectivity index (χ4v) is 1.51. The molecule has 2 saturated heterocycles. The van der Waals surface area contributed by atoms with Crippen molar-refractivity contribution in [1.82, 2.24) is 0 Å². The van der Waals surface area contributed by atoms with Crippen LogP contribution < -0.4 is 0 Å². The summed E-state index contributed by atoms with van der Waals surface area (Å²) in [6.45, 7) is 2.75. The van der Waals surface area contributed by atoms with Gasteiger partial charge < -0.3 is 9.47 Å². The van der Waals surface area contributed by atoms with Crippen molar-refractivity contribution in [2.75, 3.05) is 6.61 Å². The highest BCUT2D eigenvalue weighted by Crippen LogP contribution is 2.37. The maximum absolute atomic E-state index is 5.45. The summed E-state index contributed by atoms with van der Waals surface area (Å²) in [5.41, 5.74) is 0. The summed E-state index contributed by atoms with van der Waals surface area (Å²) in [5, 5.41) is 0. The van der Waals surface area contributed by atoms with Gasteiger partial charge in [-0.2, -0.15) is 0 Å². The maximum atomic E-state index is 5.45. The molecule has 2 heterocycles. The number of ether oxygens (including phenoxy) is 2. The molecule has 2 nitrogen and oxygen atoms in total. The van der Waals surface area contributed by atoms with Gasteiger partial charge in [-0.3, -0.25) is 0 Å². The molecule has 1 unspecified atom stereocenters. The second-order valence-electron chi connectivity index (χ2n) is 2.69. The second kappa shape index (κ2) is 1.96. The minimum absolute atomic E-state index is 0.167. The molecule has 0 amide bonds. The standard InChI is InChI=1S/C7H11O2/c1-3-7(8-5-1)4-2-6-9-7/h5H,1-4,6H2. The van der Waals surface area contributed by atoms with Crippen molar-refractivity contribution in [1.29, 1.82) is 0 Å². The quantitative estimate of drug-likeness (QED) is 0.490. The van der Waals surface area contributed by atoms with Crippen molar-refractivity contribution < 1.29 is 9.47 Å². The van der Waals surface area contributed by atoms with E-state index >= 15 is 0 Å². The van der Waals surface area contributed by atoms with Gasteiger partial charge in [-0.1, -0.05) is 0 Å². The molecule has 2 fully saturated rings. The summed E-state index contributed by atoms with van der Waals surface area (Å²) >= 11 is 0. The predicted octanol–water partition coefficient (Wildman–Crippen LogP) is 1.47. The zero-order chi connectivity index (χ0) is 6.16. The van der Waals surface area contributed by atoms with Gasteiger partial charge >= 0.3 is 0 Å². The lowest BCUT2D eigenvalue weighted by Crippen LogP contribution is -2.24. The molecule has 0 bridgehead atoms. The average molecular weight is 127 g/mol. The smallest absolute Gasteiger partial charge is 0.168 e. The average Bonchev–Trinajstić information content (AvgIpc) is 2.45. The Labute approximate surface area is 55.1 Å². The summed E-state index contributed by atoms with van der Waals surface area (Å²) in [4.78, 5) is 0. The Morgan fingerprint density at radius 2 is 2.33 bits per heavy atom. The Morgan fingerprint density at radius 3 is 2.89 bits per heavy atom. The van der Waals surface area contributed by atoms with Gasteiger partial charge in [-0.05, 0) is 12.8 Å². The Bertz CT molecular complexity index is 82.0. The van der Waals surface area contributed by atoms with Crippen molar-refractivity contribution in [3.05, 3.63) is 6.61 Å². The lowest BCUT2D eigenvalue weighted by molar-refractivity contribution is -0.165. The van der Waals surface area contributed by atoms with Crippen LogP contribution in [0.25, 0.3) is 0 Å². The van der Waals surface area contributed by atoms with E-state index in [0.29, 0.717) is 0 Å². The zero-order valence-electron chi connectivity index (χ0n) is 5.43. The molecule has 2 rings (SSSR count). The van der Waals surface area contributed by atoms with Gasteiger partial charge in [-0.25, -0.2) is 0 Å². The zero-order valence-corrected chi connectivity index (χ0v) is 5.43. The summed E-state index contributed by atoms with van der Waals surface area (Å²) < 4.78 is 10.8. The molecule has 1 atom stereocenters. The normalized spacial score (nSPS) is 32.0. The van der Waals surface area contributed by atoms with Gasteiger partial charge in [0, 0.05) is 12.8 Å². The topological polar surface area (TPSA) is 18.5 Å². The summed E-state index contributed by atoms with van der Waals surface area (Å²) in [6.07, 6.45) is 4.37. The highest BCUT2D eigenvalue weighted by Gasteiger charge is 2.39. The van der Waals surface area contributed by atoms with E-state index in [2.05, 4.69) is 0 Å². The Hall–Kier alpha value is -0.0800. The first-order chi connectivity index (χ1) is 4.41. The van der Waals surface area contributed by atoms with Crippen molar-refractivity contribution in [2.24, 2.45) is 0 Å². The van der Waals surface area contributed by atoms with Crippen LogP contribution in [0.5, 0.6) is 0 Å². The molecule has 0 aliphatic carbocycles. The highest BCUT2D eigenvalue weighted by atomic mass is 16.7. The van der Waals surface area contributed by atoms with Gasteiger partial charge in [0.15, 0.2) is 5.79 Å². The third-order valence-electron chi connectivity index (χ3n) is 2.01. The monoisotopic (exact) mass is 127 g/mol. The number of rotatable bonds is 0. The Morgan fingerprint density at radius 1 is 1.33 bits per heavy atom. The lowest BCUT2D eigenvalue weighted by atomic mass is 10.1. The molecule has 2 heteroatoms. The molecule has 0 N–H and O–H groups in total. The van der Waals surface area contributed by atoms with Crippen molar-refractivity contribution >= 4 is 0 Å². The van der Waals surface area contributed by atoms with Crippen LogP contribution in [0.15, 0.2) is 0 Å². The summed E-state index contributed by atoms with van der Waals surface area (Å²) in [6, 6.07) is 0. The first-order valence-electron chi connectivity index (χ1n) is 3.55. The highest BCUT2D eigenvalue weighted by molar-refractivity contribution is 4.83. The minimum Gasteiger partial charge on any atom is -0.350 e. The molecule has 2 aliphatic heterocycles. The summed E-state index contributed by atoms with van der Waals surface area (Å²) in [5.74, 6) is -0.167. The molecular formula is C7H11O2. The van der Waals surface area contributed by atoms with Crippen LogP contribution in [-0.2, 0) is 9.47 Å². The fraction of sp³-hybridized carbons (Fsp3) is 0.857. The molecule has 0 aromatic rings. The van der Waals surface area contributed by atoms with E-state index in [0.717, 1.165) is 32.3 Å². The molecule has 1 spiro atoms. The van der Waals surface area contributed by atoms with Crippen LogP contribution in [0, 0.1) is 6.61 Å². The Kier molecular flexibility index (Phi) is 1.24. The first kappa shape index (κ1) is 5.69. The molecule has 9 heavy (non-hydrogen) atoms. The number of hydrogen-bond donors (Lipinski definition) is 0. The molecule has 0 saturated carbocycles. The van der Waals surface area contributed by atoms with Crippen LogP contribution in [0.3, 0.4) is 0 Å². The van der Waals surface area contributed by atoms with Crippen LogP contribution >= 0.6 is 0 Å². The van der Waals surface area contributed by atoms with Crippen LogP contribution in [0.2, 0.25) is 0 Å². The van der Waals surface area contributed by atoms with E-state index in [1.54, 1.807) is 0 Å². The van der Waals surface area contributed by atoms with Gasteiger partial charge in [0.25, 0.3) is 0 Å². The van der Waals surface area contributed by atoms with Crippen LogP contribution in [-0.4, -0.2) is 12.4 Å². The van der Waals surface area contributed by atoms with E-state index in [1.807, 2.05) is 6.61 Å². The SMILES string of the molecule is [CH]1CCC2(CCCO2)O1. The van der Waals surface area contributed by atoms with E-state index in [1.165, 1.54) is 0 Å². The van der Waals surface area contributed by atoms with E-state index in [-0.39, 0.29) is 5.79 Å². The maximum Gasteiger partial charge on any atom is 0.168 e. The molecule has 1 radical (unpaired) electrons. The molecule has 0 aromatic heterocycles. The molecular weight excluding hydrogens is 116 g/mol. The van der Waals surface area contributed by atoms with Gasteiger partial charge in [0.1, 0.15) is 0 Å². The fourth-order valence-electron chi connectivity index (χ4n) is 1.51. The van der Waals surface area contributed by atoms with Crippen molar-refractivity contribution in [3.63, 3.8) is 0 Å². The van der Waals surface area contributed by atoms with E-state index in [4.69, 9.17) is 9.47 Å². The predicted molar refractivity (Wildman–Crippen MR) is 32.5 cm³/mol. The minimum atomic E-state index is -0.167. The van der Waals surface area contributed by atoms with E-state index in [9.17, 15) is 0 Å². The molecule has 51 valence electrons. The van der Waals surface area contributed by atoms with Crippen LogP contribution in [0.1, 0.15) is 25.7 Å². The largest absolute Gasteiger partial charge is 0.350 e. The van der Waals surface area contributed by atoms with E-state index < -0.39 is 0 Å². The lowest BCUT2D eigenvalue weighted by Gasteiger charge is -2.19. The van der Waals surface area contributed by atoms with Crippen molar-refractivity contribution in [3.8, 4) is 0 Å².